The molecule has 2 aromatic carbocycles. The Bertz CT molecular complexity index is 808. The molecule has 0 aromatic heterocycles. The number of nitrogens with two attached hydrogens (primary N) is 1. The van der Waals surface area contributed by atoms with Crippen molar-refractivity contribution in [1.29, 1.82) is 0 Å². The highest BCUT2D eigenvalue weighted by molar-refractivity contribution is 9.11. The largest absolute Gasteiger partial charge is 0.423 e. The molecular weight excluding hydrogens is 477 g/mol. The molecule has 0 saturated heterocycles. The second kappa shape index (κ2) is 7.14. The van der Waals surface area contributed by atoms with Gasteiger partial charge in [-0.2, -0.15) is 13.2 Å². The molecular formula is C18H17Br2F3N2O. The molecule has 0 radical (unpaired) electrons. The van der Waals surface area contributed by atoms with Gasteiger partial charge in [-0.25, -0.2) is 0 Å². The van der Waals surface area contributed by atoms with Gasteiger partial charge in [0.25, 0.3) is 0 Å². The second-order valence-corrected chi connectivity index (χ2v) is 8.26. The van der Waals surface area contributed by atoms with E-state index in [0.717, 1.165) is 24.0 Å². The van der Waals surface area contributed by atoms with Gasteiger partial charge in [0, 0.05) is 20.7 Å². The number of fused-ring (bicyclic) bond motifs is 1. The van der Waals surface area contributed by atoms with Crippen LogP contribution in [0.1, 0.15) is 29.2 Å². The number of benzene rings is 2. The standard InChI is InChI=1S/C18H17Br2F3N2O/c19-12-6-11(7-13(20)8-12)17(26,18(21,22)23)9-25-14-2-3-15-10(5-14)1-4-16(15)24/h2-3,5-8,16,25-26H,1,4,9,24H2/t16-,17-/m0/s1. The number of aryl methyl sites for hydroxylation is 1. The van der Waals surface area contributed by atoms with E-state index in [-0.39, 0.29) is 11.6 Å². The average molecular weight is 494 g/mol. The summed E-state index contributed by atoms with van der Waals surface area (Å²) in [5.41, 5.74) is 5.28. The van der Waals surface area contributed by atoms with Crippen molar-refractivity contribution in [3.8, 4) is 0 Å². The number of aliphatic hydroxyl groups is 1. The minimum absolute atomic E-state index is 0.0230. The van der Waals surface area contributed by atoms with Crippen LogP contribution in [-0.2, 0) is 12.0 Å². The van der Waals surface area contributed by atoms with Crippen molar-refractivity contribution >= 4 is 37.5 Å². The summed E-state index contributed by atoms with van der Waals surface area (Å²) in [6, 6.07) is 9.44. The summed E-state index contributed by atoms with van der Waals surface area (Å²) in [5.74, 6) is 0. The Morgan fingerprint density at radius 1 is 1.12 bits per heavy atom. The number of halogens is 5. The van der Waals surface area contributed by atoms with Gasteiger partial charge < -0.3 is 16.2 Å². The van der Waals surface area contributed by atoms with Crippen LogP contribution in [0.2, 0.25) is 0 Å². The molecule has 0 amide bonds. The van der Waals surface area contributed by atoms with Crippen LogP contribution in [0.5, 0.6) is 0 Å². The summed E-state index contributed by atoms with van der Waals surface area (Å²) in [7, 11) is 0. The highest BCUT2D eigenvalue weighted by atomic mass is 79.9. The van der Waals surface area contributed by atoms with E-state index < -0.39 is 18.3 Å². The van der Waals surface area contributed by atoms with Gasteiger partial charge in [-0.1, -0.05) is 37.9 Å². The highest BCUT2D eigenvalue weighted by Gasteiger charge is 2.55. The van der Waals surface area contributed by atoms with Crippen molar-refractivity contribution in [3.63, 3.8) is 0 Å². The van der Waals surface area contributed by atoms with E-state index in [1.165, 1.54) is 12.1 Å². The Balaban J connectivity index is 1.88. The SMILES string of the molecule is N[C@H]1CCc2cc(NC[C@](O)(c3cc(Br)cc(Br)c3)C(F)(F)F)ccc21. The lowest BCUT2D eigenvalue weighted by molar-refractivity contribution is -0.260. The summed E-state index contributed by atoms with van der Waals surface area (Å²) in [4.78, 5) is 0. The van der Waals surface area contributed by atoms with Crippen molar-refractivity contribution in [3.05, 3.63) is 62.0 Å². The van der Waals surface area contributed by atoms with Crippen LogP contribution >= 0.6 is 31.9 Å². The molecule has 4 N–H and O–H groups in total. The predicted molar refractivity (Wildman–Crippen MR) is 102 cm³/mol. The van der Waals surface area contributed by atoms with E-state index in [1.807, 2.05) is 6.07 Å². The maximum atomic E-state index is 13.7. The van der Waals surface area contributed by atoms with Crippen LogP contribution in [0, 0.1) is 0 Å². The van der Waals surface area contributed by atoms with E-state index in [1.54, 1.807) is 18.2 Å². The zero-order chi connectivity index (χ0) is 19.1. The third-order valence-electron chi connectivity index (χ3n) is 4.62. The molecule has 0 spiro atoms. The fourth-order valence-electron chi connectivity index (χ4n) is 3.15. The smallest absolute Gasteiger partial charge is 0.381 e. The lowest BCUT2D eigenvalue weighted by Gasteiger charge is -2.32. The number of hydrogen-bond acceptors (Lipinski definition) is 3. The molecule has 0 fully saturated rings. The molecule has 0 unspecified atom stereocenters. The molecule has 0 bridgehead atoms. The van der Waals surface area contributed by atoms with Gasteiger partial charge in [0.2, 0.25) is 5.60 Å². The van der Waals surface area contributed by atoms with Crippen LogP contribution < -0.4 is 11.1 Å². The van der Waals surface area contributed by atoms with Gasteiger partial charge in [-0.05, 0) is 59.9 Å². The zero-order valence-corrected chi connectivity index (χ0v) is 16.7. The minimum Gasteiger partial charge on any atom is -0.381 e. The topological polar surface area (TPSA) is 58.3 Å². The summed E-state index contributed by atoms with van der Waals surface area (Å²) in [6.07, 6.45) is -3.22. The van der Waals surface area contributed by atoms with Crippen LogP contribution in [0.4, 0.5) is 18.9 Å². The van der Waals surface area contributed by atoms with E-state index in [9.17, 15) is 18.3 Å². The van der Waals surface area contributed by atoms with Crippen LogP contribution in [-0.4, -0.2) is 17.8 Å². The molecule has 140 valence electrons. The van der Waals surface area contributed by atoms with Gasteiger partial charge >= 0.3 is 6.18 Å². The van der Waals surface area contributed by atoms with Crippen LogP contribution in [0.3, 0.4) is 0 Å². The number of rotatable bonds is 4. The monoisotopic (exact) mass is 492 g/mol. The van der Waals surface area contributed by atoms with E-state index in [2.05, 4.69) is 37.2 Å². The lowest BCUT2D eigenvalue weighted by atomic mass is 9.92. The quantitative estimate of drug-likeness (QED) is 0.560. The number of alkyl halides is 3. The molecule has 2 atom stereocenters. The number of nitrogens with one attached hydrogen (secondary N) is 1. The minimum atomic E-state index is -4.85. The highest BCUT2D eigenvalue weighted by Crippen LogP contribution is 2.41. The molecule has 1 aliphatic carbocycles. The first-order valence-electron chi connectivity index (χ1n) is 7.98. The van der Waals surface area contributed by atoms with Gasteiger partial charge in [0.05, 0.1) is 6.54 Å². The average Bonchev–Trinajstić information content (AvgIpc) is 2.91. The third kappa shape index (κ3) is 3.78. The van der Waals surface area contributed by atoms with Crippen molar-refractivity contribution < 1.29 is 18.3 Å². The summed E-state index contributed by atoms with van der Waals surface area (Å²) >= 11 is 6.33. The molecule has 1 aliphatic rings. The molecule has 3 nitrogen and oxygen atoms in total. The third-order valence-corrected chi connectivity index (χ3v) is 5.54. The molecule has 3 rings (SSSR count). The summed E-state index contributed by atoms with van der Waals surface area (Å²) in [5, 5.41) is 13.2. The Hall–Kier alpha value is -1.09. The first-order valence-corrected chi connectivity index (χ1v) is 9.57. The van der Waals surface area contributed by atoms with Gasteiger partial charge in [0.15, 0.2) is 0 Å². The predicted octanol–water partition coefficient (Wildman–Crippen LogP) is 5.02. The van der Waals surface area contributed by atoms with Crippen molar-refractivity contribution in [2.75, 3.05) is 11.9 Å². The van der Waals surface area contributed by atoms with Gasteiger partial charge in [0.1, 0.15) is 0 Å². The first-order chi connectivity index (χ1) is 12.1. The molecule has 0 aliphatic heterocycles. The second-order valence-electron chi connectivity index (χ2n) is 6.43. The maximum absolute atomic E-state index is 13.7. The van der Waals surface area contributed by atoms with E-state index in [0.29, 0.717) is 14.6 Å². The number of hydrogen-bond donors (Lipinski definition) is 3. The Kier molecular flexibility index (Phi) is 5.40. The fraction of sp³-hybridized carbons (Fsp3) is 0.333. The first kappa shape index (κ1) is 19.7. The molecule has 2 aromatic rings. The Morgan fingerprint density at radius 2 is 1.77 bits per heavy atom. The van der Waals surface area contributed by atoms with Crippen molar-refractivity contribution in [2.45, 2.75) is 30.7 Å². The molecule has 8 heteroatoms. The molecule has 0 saturated carbocycles. The fourth-order valence-corrected chi connectivity index (χ4v) is 4.44. The number of anilines is 1. The Labute approximate surface area is 166 Å². The Morgan fingerprint density at radius 3 is 2.38 bits per heavy atom. The van der Waals surface area contributed by atoms with Gasteiger partial charge in [-0.3, -0.25) is 0 Å². The maximum Gasteiger partial charge on any atom is 0.423 e. The van der Waals surface area contributed by atoms with Gasteiger partial charge in [-0.15, -0.1) is 0 Å². The molecule has 0 heterocycles. The zero-order valence-electron chi connectivity index (χ0n) is 13.6. The summed E-state index contributed by atoms with van der Waals surface area (Å²) in [6.45, 7) is -0.704. The lowest BCUT2D eigenvalue weighted by Crippen LogP contribution is -2.47. The van der Waals surface area contributed by atoms with E-state index in [4.69, 9.17) is 5.73 Å². The molecule has 26 heavy (non-hydrogen) atoms. The van der Waals surface area contributed by atoms with Crippen molar-refractivity contribution in [1.82, 2.24) is 0 Å². The van der Waals surface area contributed by atoms with E-state index >= 15 is 0 Å². The van der Waals surface area contributed by atoms with Crippen molar-refractivity contribution in [2.24, 2.45) is 5.73 Å². The summed E-state index contributed by atoms with van der Waals surface area (Å²) < 4.78 is 42.0. The van der Waals surface area contributed by atoms with Crippen LogP contribution in [0.15, 0.2) is 45.3 Å². The van der Waals surface area contributed by atoms with Crippen LogP contribution in [0.25, 0.3) is 0 Å². The normalized spacial score (nSPS) is 19.1.